The van der Waals surface area contributed by atoms with Gasteiger partial charge < -0.3 is 10.2 Å². The van der Waals surface area contributed by atoms with Gasteiger partial charge in [-0.2, -0.15) is 0 Å². The van der Waals surface area contributed by atoms with Gasteiger partial charge in [0.2, 0.25) is 11.8 Å². The molecule has 0 aliphatic carbocycles. The van der Waals surface area contributed by atoms with Gasteiger partial charge in [-0.05, 0) is 42.5 Å². The Bertz CT molecular complexity index is 996. The van der Waals surface area contributed by atoms with Crippen LogP contribution in [0.4, 0.5) is 10.1 Å². The second-order valence-electron chi connectivity index (χ2n) is 6.70. The van der Waals surface area contributed by atoms with Gasteiger partial charge in [0.1, 0.15) is 17.6 Å². The number of carboxylic acids is 1. The number of hydrogen-bond acceptors (Lipinski definition) is 5. The molecule has 2 saturated heterocycles. The molecule has 0 saturated carbocycles. The average molecular weight is 449 g/mol. The number of aromatic hydroxyl groups is 1. The van der Waals surface area contributed by atoms with Gasteiger partial charge in [-0.25, -0.2) is 9.29 Å². The van der Waals surface area contributed by atoms with Crippen LogP contribution < -0.4 is 10.2 Å². The van der Waals surface area contributed by atoms with Crippen molar-refractivity contribution in [3.8, 4) is 5.75 Å². The molecule has 0 bridgehead atoms. The van der Waals surface area contributed by atoms with Crippen LogP contribution in [-0.4, -0.2) is 34.0 Å². The van der Waals surface area contributed by atoms with E-state index in [-0.39, 0.29) is 11.4 Å². The molecule has 2 amide bonds. The summed E-state index contributed by atoms with van der Waals surface area (Å²) in [5.41, 5.74) is 0.488. The molecule has 3 N–H and O–H groups in total. The molecule has 2 heterocycles. The highest BCUT2D eigenvalue weighted by atomic mass is 79.9. The number of amides is 2. The predicted octanol–water partition coefficient (Wildman–Crippen LogP) is 2.20. The number of aliphatic carboxylic acids is 1. The maximum Gasteiger partial charge on any atom is 0.321 e. The number of hydrogen-bond donors (Lipinski definition) is 3. The maximum atomic E-state index is 13.2. The van der Waals surface area contributed by atoms with E-state index in [1.165, 1.54) is 18.2 Å². The Kier molecular flexibility index (Phi) is 4.43. The van der Waals surface area contributed by atoms with Crippen molar-refractivity contribution in [2.45, 2.75) is 12.1 Å². The lowest BCUT2D eigenvalue weighted by Crippen LogP contribution is -2.43. The standard InChI is InChI=1S/C19H14BrFN2O5/c20-8-1-6-12(24)11(7-8)15-13-14(16(22-15)19(27)28)18(26)23(17(13)25)10-4-2-9(21)3-5-10/h1-7,13-16,22,24H,(H,27,28)/t13-,14-,15+,16+/m0/s1. The maximum absolute atomic E-state index is 13.2. The van der Waals surface area contributed by atoms with Crippen molar-refractivity contribution in [2.24, 2.45) is 11.8 Å². The Balaban J connectivity index is 1.80. The number of imide groups is 1. The van der Waals surface area contributed by atoms with Crippen molar-refractivity contribution >= 4 is 39.4 Å². The summed E-state index contributed by atoms with van der Waals surface area (Å²) in [7, 11) is 0. The summed E-state index contributed by atoms with van der Waals surface area (Å²) >= 11 is 3.29. The Hall–Kier alpha value is -2.78. The number of phenols is 1. The monoisotopic (exact) mass is 448 g/mol. The van der Waals surface area contributed by atoms with Crippen LogP contribution >= 0.6 is 15.9 Å². The molecule has 2 aromatic rings. The third kappa shape index (κ3) is 2.78. The van der Waals surface area contributed by atoms with Crippen LogP contribution in [0.15, 0.2) is 46.9 Å². The van der Waals surface area contributed by atoms with Crippen molar-refractivity contribution in [1.29, 1.82) is 0 Å². The zero-order chi connectivity index (χ0) is 20.2. The SMILES string of the molecule is O=C(O)[C@@H]1N[C@H](c2cc(Br)ccc2O)[C@H]2C(=O)N(c3ccc(F)cc3)C(=O)[C@@H]21. The number of carbonyl (C=O) groups is 3. The van der Waals surface area contributed by atoms with Gasteiger partial charge in [0.15, 0.2) is 0 Å². The number of anilines is 1. The molecule has 2 fully saturated rings. The van der Waals surface area contributed by atoms with E-state index in [0.717, 1.165) is 17.0 Å². The minimum atomic E-state index is -1.30. The normalized spacial score (nSPS) is 26.6. The molecule has 4 rings (SSSR count). The Morgan fingerprint density at radius 3 is 2.36 bits per heavy atom. The van der Waals surface area contributed by atoms with Crippen LogP contribution in [0.25, 0.3) is 0 Å². The summed E-state index contributed by atoms with van der Waals surface area (Å²) in [6, 6.07) is 7.26. The van der Waals surface area contributed by atoms with Crippen LogP contribution in [-0.2, 0) is 14.4 Å². The van der Waals surface area contributed by atoms with Crippen molar-refractivity contribution < 1.29 is 29.0 Å². The van der Waals surface area contributed by atoms with Crippen molar-refractivity contribution in [3.05, 3.63) is 58.3 Å². The number of halogens is 2. The van der Waals surface area contributed by atoms with Gasteiger partial charge in [0, 0.05) is 16.1 Å². The largest absolute Gasteiger partial charge is 0.508 e. The summed E-state index contributed by atoms with van der Waals surface area (Å²) in [6.07, 6.45) is 0. The fourth-order valence-corrected chi connectivity index (χ4v) is 4.32. The molecular weight excluding hydrogens is 435 g/mol. The molecule has 2 aromatic carbocycles. The molecule has 4 atom stereocenters. The van der Waals surface area contributed by atoms with Crippen molar-refractivity contribution in [1.82, 2.24) is 5.32 Å². The Morgan fingerprint density at radius 1 is 1.07 bits per heavy atom. The minimum Gasteiger partial charge on any atom is -0.508 e. The van der Waals surface area contributed by atoms with Crippen LogP contribution in [0.1, 0.15) is 11.6 Å². The number of fused-ring (bicyclic) bond motifs is 1. The van der Waals surface area contributed by atoms with Crippen molar-refractivity contribution in [2.75, 3.05) is 4.90 Å². The highest BCUT2D eigenvalue weighted by Crippen LogP contribution is 2.47. The van der Waals surface area contributed by atoms with Crippen LogP contribution in [0.3, 0.4) is 0 Å². The molecule has 144 valence electrons. The number of carboxylic acid groups (broad SMARTS) is 1. The van der Waals surface area contributed by atoms with Gasteiger partial charge in [0.05, 0.1) is 17.5 Å². The zero-order valence-electron chi connectivity index (χ0n) is 14.2. The summed E-state index contributed by atoms with van der Waals surface area (Å²) in [5.74, 6) is -5.33. The quantitative estimate of drug-likeness (QED) is 0.621. The summed E-state index contributed by atoms with van der Waals surface area (Å²) in [6.45, 7) is 0. The molecule has 9 heteroatoms. The van der Waals surface area contributed by atoms with Crippen LogP contribution in [0.2, 0.25) is 0 Å². The highest BCUT2D eigenvalue weighted by Gasteiger charge is 2.61. The van der Waals surface area contributed by atoms with E-state index in [4.69, 9.17) is 0 Å². The lowest BCUT2D eigenvalue weighted by atomic mass is 9.86. The third-order valence-electron chi connectivity index (χ3n) is 5.15. The first-order chi connectivity index (χ1) is 13.3. The van der Waals surface area contributed by atoms with E-state index < -0.39 is 47.5 Å². The number of phenolic OH excluding ortho intramolecular Hbond substituents is 1. The lowest BCUT2D eigenvalue weighted by Gasteiger charge is -2.22. The zero-order valence-corrected chi connectivity index (χ0v) is 15.8. The fraction of sp³-hybridized carbons (Fsp3) is 0.211. The van der Waals surface area contributed by atoms with Gasteiger partial charge in [-0.1, -0.05) is 15.9 Å². The molecule has 0 unspecified atom stereocenters. The number of benzene rings is 2. The van der Waals surface area contributed by atoms with Crippen LogP contribution in [0.5, 0.6) is 5.75 Å². The molecule has 0 spiro atoms. The first kappa shape index (κ1) is 18.6. The first-order valence-corrected chi connectivity index (χ1v) is 9.19. The topological polar surface area (TPSA) is 107 Å². The highest BCUT2D eigenvalue weighted by molar-refractivity contribution is 9.10. The number of nitrogens with one attached hydrogen (secondary N) is 1. The second kappa shape index (κ2) is 6.68. The molecule has 7 nitrogen and oxygen atoms in total. The molecule has 2 aliphatic rings. The van der Waals surface area contributed by atoms with Crippen molar-refractivity contribution in [3.63, 3.8) is 0 Å². The van der Waals surface area contributed by atoms with E-state index in [1.807, 2.05) is 0 Å². The predicted molar refractivity (Wildman–Crippen MR) is 99.0 cm³/mol. The van der Waals surface area contributed by atoms with E-state index >= 15 is 0 Å². The fourth-order valence-electron chi connectivity index (χ4n) is 3.94. The van der Waals surface area contributed by atoms with Crippen LogP contribution in [0, 0.1) is 17.7 Å². The number of carbonyl (C=O) groups excluding carboxylic acids is 2. The second-order valence-corrected chi connectivity index (χ2v) is 7.62. The molecule has 28 heavy (non-hydrogen) atoms. The summed E-state index contributed by atoms with van der Waals surface area (Å²) in [4.78, 5) is 38.7. The Labute approximate surface area is 166 Å². The van der Waals surface area contributed by atoms with E-state index in [9.17, 15) is 29.0 Å². The number of nitrogens with zero attached hydrogens (tertiary/aromatic N) is 1. The summed E-state index contributed by atoms with van der Waals surface area (Å²) in [5, 5.41) is 22.6. The smallest absolute Gasteiger partial charge is 0.321 e. The van der Waals surface area contributed by atoms with Gasteiger partial charge >= 0.3 is 5.97 Å². The van der Waals surface area contributed by atoms with Gasteiger partial charge in [-0.15, -0.1) is 0 Å². The van der Waals surface area contributed by atoms with E-state index in [1.54, 1.807) is 12.1 Å². The lowest BCUT2D eigenvalue weighted by molar-refractivity contribution is -0.142. The number of rotatable bonds is 3. The van der Waals surface area contributed by atoms with E-state index in [0.29, 0.717) is 10.0 Å². The molecule has 0 radical (unpaired) electrons. The molecular formula is C19H14BrFN2O5. The Morgan fingerprint density at radius 2 is 1.71 bits per heavy atom. The van der Waals surface area contributed by atoms with E-state index in [2.05, 4.69) is 21.2 Å². The first-order valence-electron chi connectivity index (χ1n) is 8.40. The molecule has 2 aliphatic heterocycles. The molecule has 0 aromatic heterocycles. The summed E-state index contributed by atoms with van der Waals surface area (Å²) < 4.78 is 13.9. The average Bonchev–Trinajstić information content (AvgIpc) is 3.16. The van der Waals surface area contributed by atoms with Gasteiger partial charge in [-0.3, -0.25) is 19.7 Å². The third-order valence-corrected chi connectivity index (χ3v) is 5.64. The van der Waals surface area contributed by atoms with Gasteiger partial charge in [0.25, 0.3) is 0 Å². The minimum absolute atomic E-state index is 0.119.